The summed E-state index contributed by atoms with van der Waals surface area (Å²) < 4.78 is 0. The van der Waals surface area contributed by atoms with Crippen LogP contribution in [0.4, 0.5) is 0 Å². The highest BCUT2D eigenvalue weighted by Crippen LogP contribution is 1.92. The molecule has 0 bridgehead atoms. The molecular weight excluding hydrogens is 118 g/mol. The van der Waals surface area contributed by atoms with E-state index in [9.17, 15) is 4.79 Å². The minimum absolute atomic E-state index is 0.123. The van der Waals surface area contributed by atoms with Gasteiger partial charge in [0.1, 0.15) is 5.78 Å². The van der Waals surface area contributed by atoms with E-state index in [2.05, 4.69) is 5.16 Å². The normalized spacial score (nSPS) is 11.6. The zero-order chi connectivity index (χ0) is 7.28. The molecule has 0 aromatic rings. The van der Waals surface area contributed by atoms with Gasteiger partial charge in [-0.2, -0.15) is 0 Å². The maximum absolute atomic E-state index is 10.3. The lowest BCUT2D eigenvalue weighted by Crippen LogP contribution is -1.96. The molecule has 0 amide bonds. The van der Waals surface area contributed by atoms with Gasteiger partial charge < -0.3 is 10.0 Å². The molecule has 0 aliphatic carbocycles. The summed E-state index contributed by atoms with van der Waals surface area (Å²) in [7, 11) is 0. The van der Waals surface area contributed by atoms with E-state index in [1.807, 2.05) is 0 Å². The van der Waals surface area contributed by atoms with E-state index < -0.39 is 0 Å². The lowest BCUT2D eigenvalue weighted by Gasteiger charge is -1.91. The Morgan fingerprint density at radius 2 is 2.00 bits per heavy atom. The quantitative estimate of drug-likeness (QED) is 0.353. The highest BCUT2D eigenvalue weighted by atomic mass is 16.4. The van der Waals surface area contributed by atoms with Crippen molar-refractivity contribution in [3.05, 3.63) is 0 Å². The number of hydrogen-bond acceptors (Lipinski definition) is 3. The van der Waals surface area contributed by atoms with Crippen LogP contribution in [0.15, 0.2) is 5.16 Å². The van der Waals surface area contributed by atoms with E-state index in [1.54, 1.807) is 6.92 Å². The fourth-order valence-corrected chi connectivity index (χ4v) is 0.407. The molecule has 0 radical (unpaired) electrons. The van der Waals surface area contributed by atoms with Crippen molar-refractivity contribution in [2.75, 3.05) is 0 Å². The van der Waals surface area contributed by atoms with Crippen LogP contribution >= 0.6 is 0 Å². The molecule has 0 heterocycles. The van der Waals surface area contributed by atoms with Crippen molar-refractivity contribution < 1.29 is 10.0 Å². The second-order valence-electron chi connectivity index (χ2n) is 2.04. The highest BCUT2D eigenvalue weighted by molar-refractivity contribution is 5.86. The summed E-state index contributed by atoms with van der Waals surface area (Å²) in [4.78, 5) is 10.3. The fourth-order valence-electron chi connectivity index (χ4n) is 0.407. The molecule has 0 saturated heterocycles. The molecule has 0 rings (SSSR count). The summed E-state index contributed by atoms with van der Waals surface area (Å²) in [6, 6.07) is 0. The standard InChI is InChI=1S/C6H11NO2/c1-5(7-9)3-4-6(2)8/h9H,3-4H2,1-2H3/b7-5+. The number of hydrogen-bond donors (Lipinski definition) is 1. The summed E-state index contributed by atoms with van der Waals surface area (Å²) in [6.07, 6.45) is 1.03. The number of nitrogens with zero attached hydrogens (tertiary/aromatic N) is 1. The summed E-state index contributed by atoms with van der Waals surface area (Å²) in [5, 5.41) is 11.0. The molecule has 0 aliphatic heterocycles. The van der Waals surface area contributed by atoms with Gasteiger partial charge in [0, 0.05) is 6.42 Å². The Bertz CT molecular complexity index is 129. The smallest absolute Gasteiger partial charge is 0.130 e. The average Bonchev–Trinajstić information content (AvgIpc) is 1.83. The first-order chi connectivity index (χ1) is 4.16. The second kappa shape index (κ2) is 4.06. The molecule has 0 aromatic heterocycles. The highest BCUT2D eigenvalue weighted by Gasteiger charge is 1.94. The maximum atomic E-state index is 10.3. The third-order valence-electron chi connectivity index (χ3n) is 1.01. The van der Waals surface area contributed by atoms with Crippen molar-refractivity contribution in [1.82, 2.24) is 0 Å². The number of carbonyl (C=O) groups excluding carboxylic acids is 1. The predicted octanol–water partition coefficient (Wildman–Crippen LogP) is 1.21. The molecule has 0 atom stereocenters. The predicted molar refractivity (Wildman–Crippen MR) is 34.8 cm³/mol. The third kappa shape index (κ3) is 5.00. The monoisotopic (exact) mass is 129 g/mol. The van der Waals surface area contributed by atoms with Crippen LogP contribution in [0.2, 0.25) is 0 Å². The molecule has 3 nitrogen and oxygen atoms in total. The Morgan fingerprint density at radius 3 is 2.33 bits per heavy atom. The van der Waals surface area contributed by atoms with Crippen molar-refractivity contribution in [2.24, 2.45) is 5.16 Å². The number of rotatable bonds is 3. The van der Waals surface area contributed by atoms with Gasteiger partial charge in [-0.25, -0.2) is 0 Å². The second-order valence-corrected chi connectivity index (χ2v) is 2.04. The van der Waals surface area contributed by atoms with E-state index in [-0.39, 0.29) is 5.78 Å². The summed E-state index contributed by atoms with van der Waals surface area (Å²) in [6.45, 7) is 3.20. The SMILES string of the molecule is CC(=O)CC/C(C)=N/O. The Hall–Kier alpha value is -0.860. The Labute approximate surface area is 54.4 Å². The van der Waals surface area contributed by atoms with Crippen molar-refractivity contribution in [3.8, 4) is 0 Å². The van der Waals surface area contributed by atoms with Gasteiger partial charge >= 0.3 is 0 Å². The summed E-state index contributed by atoms with van der Waals surface area (Å²) in [5.74, 6) is 0.123. The van der Waals surface area contributed by atoms with Crippen molar-refractivity contribution >= 4 is 11.5 Å². The van der Waals surface area contributed by atoms with Crippen LogP contribution in [0.3, 0.4) is 0 Å². The average molecular weight is 129 g/mol. The van der Waals surface area contributed by atoms with Gasteiger partial charge in [-0.15, -0.1) is 0 Å². The first kappa shape index (κ1) is 8.14. The largest absolute Gasteiger partial charge is 0.411 e. The zero-order valence-corrected chi connectivity index (χ0v) is 5.72. The minimum Gasteiger partial charge on any atom is -0.411 e. The van der Waals surface area contributed by atoms with Gasteiger partial charge in [-0.05, 0) is 20.3 Å². The van der Waals surface area contributed by atoms with Crippen LogP contribution in [-0.4, -0.2) is 16.7 Å². The minimum atomic E-state index is 0.123. The molecule has 0 aromatic carbocycles. The number of Topliss-reactive ketones (excluding diaryl/α,β-unsaturated/α-hetero) is 1. The zero-order valence-electron chi connectivity index (χ0n) is 5.72. The third-order valence-corrected chi connectivity index (χ3v) is 1.01. The molecule has 52 valence electrons. The number of carbonyl (C=O) groups is 1. The summed E-state index contributed by atoms with van der Waals surface area (Å²) in [5.41, 5.74) is 0.602. The molecule has 0 spiro atoms. The Morgan fingerprint density at radius 1 is 1.44 bits per heavy atom. The van der Waals surface area contributed by atoms with Gasteiger partial charge in [0.2, 0.25) is 0 Å². The molecule has 0 saturated carbocycles. The van der Waals surface area contributed by atoms with E-state index in [0.29, 0.717) is 18.6 Å². The number of ketones is 1. The first-order valence-electron chi connectivity index (χ1n) is 2.83. The summed E-state index contributed by atoms with van der Waals surface area (Å²) >= 11 is 0. The van der Waals surface area contributed by atoms with Crippen molar-refractivity contribution in [2.45, 2.75) is 26.7 Å². The maximum Gasteiger partial charge on any atom is 0.130 e. The van der Waals surface area contributed by atoms with Crippen LogP contribution < -0.4 is 0 Å². The van der Waals surface area contributed by atoms with Gasteiger partial charge in [-0.1, -0.05) is 5.16 Å². The lowest BCUT2D eigenvalue weighted by atomic mass is 10.2. The van der Waals surface area contributed by atoms with Crippen LogP contribution in [0, 0.1) is 0 Å². The van der Waals surface area contributed by atoms with E-state index in [0.717, 1.165) is 0 Å². The first-order valence-corrected chi connectivity index (χ1v) is 2.83. The molecule has 1 N–H and O–H groups in total. The van der Waals surface area contributed by atoms with Crippen LogP contribution in [0.25, 0.3) is 0 Å². The molecule has 0 aliphatic rings. The molecule has 3 heteroatoms. The van der Waals surface area contributed by atoms with Gasteiger partial charge in [0.15, 0.2) is 0 Å². The van der Waals surface area contributed by atoms with Gasteiger partial charge in [-0.3, -0.25) is 0 Å². The topological polar surface area (TPSA) is 49.7 Å². The van der Waals surface area contributed by atoms with E-state index >= 15 is 0 Å². The van der Waals surface area contributed by atoms with E-state index in [4.69, 9.17) is 5.21 Å². The van der Waals surface area contributed by atoms with E-state index in [1.165, 1.54) is 6.92 Å². The van der Waals surface area contributed by atoms with Crippen LogP contribution in [0.5, 0.6) is 0 Å². The fraction of sp³-hybridized carbons (Fsp3) is 0.667. The molecule has 0 unspecified atom stereocenters. The van der Waals surface area contributed by atoms with Crippen molar-refractivity contribution in [1.29, 1.82) is 0 Å². The van der Waals surface area contributed by atoms with Gasteiger partial charge in [0.05, 0.1) is 5.71 Å². The van der Waals surface area contributed by atoms with Gasteiger partial charge in [0.25, 0.3) is 0 Å². The Kier molecular flexibility index (Phi) is 3.67. The van der Waals surface area contributed by atoms with Crippen LogP contribution in [0.1, 0.15) is 26.7 Å². The Balaban J connectivity index is 3.39. The molecule has 9 heavy (non-hydrogen) atoms. The number of oxime groups is 1. The lowest BCUT2D eigenvalue weighted by molar-refractivity contribution is -0.116. The molecular formula is C6H11NO2. The van der Waals surface area contributed by atoms with Crippen molar-refractivity contribution in [3.63, 3.8) is 0 Å². The van der Waals surface area contributed by atoms with Crippen LogP contribution in [-0.2, 0) is 4.79 Å². The molecule has 0 fully saturated rings.